The topological polar surface area (TPSA) is 55.6 Å². The highest BCUT2D eigenvalue weighted by Crippen LogP contribution is 2.30. The van der Waals surface area contributed by atoms with Gasteiger partial charge in [-0.3, -0.25) is 15.0 Å². The van der Waals surface area contributed by atoms with Crippen molar-refractivity contribution >= 4 is 0 Å². The van der Waals surface area contributed by atoms with Crippen molar-refractivity contribution in [3.63, 3.8) is 0 Å². The lowest BCUT2D eigenvalue weighted by molar-refractivity contribution is -0.521. The summed E-state index contributed by atoms with van der Waals surface area (Å²) in [5, 5.41) is 11.0. The van der Waals surface area contributed by atoms with Gasteiger partial charge in [0.2, 0.25) is 6.04 Å². The molecule has 0 aliphatic carbocycles. The van der Waals surface area contributed by atoms with Gasteiger partial charge in [0.05, 0.1) is 19.6 Å². The lowest BCUT2D eigenvalue weighted by Crippen LogP contribution is -2.27. The van der Waals surface area contributed by atoms with Crippen LogP contribution in [0.2, 0.25) is 0 Å². The lowest BCUT2D eigenvalue weighted by Gasteiger charge is -2.13. The third-order valence-corrected chi connectivity index (χ3v) is 3.26. The van der Waals surface area contributed by atoms with Gasteiger partial charge in [-0.05, 0) is 24.7 Å². The molecule has 1 aromatic rings. The molecule has 0 bridgehead atoms. The Labute approximate surface area is 100 Å². The first-order chi connectivity index (χ1) is 8.11. The second-order valence-corrected chi connectivity index (χ2v) is 4.46. The maximum Gasteiger partial charge on any atom is 0.233 e. The van der Waals surface area contributed by atoms with E-state index in [-0.39, 0.29) is 10.8 Å². The minimum atomic E-state index is -0.521. The molecular formula is C12H16N2O3. The summed E-state index contributed by atoms with van der Waals surface area (Å²) in [5.74, 6) is 0.698. The van der Waals surface area contributed by atoms with Crippen LogP contribution >= 0.6 is 0 Å². The minimum Gasteiger partial charge on any atom is -0.497 e. The Kier molecular flexibility index (Phi) is 3.28. The number of likely N-dealkylation sites (tertiary alicyclic amines) is 1. The van der Waals surface area contributed by atoms with Crippen LogP contribution in [0.5, 0.6) is 5.75 Å². The van der Waals surface area contributed by atoms with E-state index < -0.39 is 6.04 Å². The van der Waals surface area contributed by atoms with Crippen LogP contribution in [0.3, 0.4) is 0 Å². The van der Waals surface area contributed by atoms with Crippen LogP contribution in [0.4, 0.5) is 0 Å². The molecular weight excluding hydrogens is 220 g/mol. The van der Waals surface area contributed by atoms with E-state index in [4.69, 9.17) is 4.74 Å². The van der Waals surface area contributed by atoms with Gasteiger partial charge in [0.1, 0.15) is 5.75 Å². The molecule has 1 aromatic carbocycles. The maximum atomic E-state index is 11.0. The Bertz CT molecular complexity index is 422. The molecule has 17 heavy (non-hydrogen) atoms. The van der Waals surface area contributed by atoms with Gasteiger partial charge in [-0.15, -0.1) is 0 Å². The minimum absolute atomic E-state index is 0.0508. The van der Waals surface area contributed by atoms with Gasteiger partial charge >= 0.3 is 0 Å². The largest absolute Gasteiger partial charge is 0.497 e. The molecule has 1 aliphatic rings. The number of methoxy groups -OCH3 is 1. The standard InChI is InChI=1S/C12H16N2O3/c1-13-7-11(12(8-13)14(15)16)9-4-3-5-10(6-9)17-2/h3-6,11-12H,7-8H2,1-2H3/t11-,12+/m0/s1. The Morgan fingerprint density at radius 1 is 1.47 bits per heavy atom. The van der Waals surface area contributed by atoms with Crippen molar-refractivity contribution in [3.05, 3.63) is 39.9 Å². The normalized spacial score (nSPS) is 24.8. The zero-order chi connectivity index (χ0) is 12.4. The van der Waals surface area contributed by atoms with Gasteiger partial charge in [0.15, 0.2) is 0 Å². The molecule has 5 nitrogen and oxygen atoms in total. The van der Waals surface area contributed by atoms with Crippen molar-refractivity contribution in [1.29, 1.82) is 0 Å². The Morgan fingerprint density at radius 3 is 2.88 bits per heavy atom. The molecule has 0 N–H and O–H groups in total. The van der Waals surface area contributed by atoms with Crippen molar-refractivity contribution in [1.82, 2.24) is 4.90 Å². The van der Waals surface area contributed by atoms with Crippen LogP contribution in [-0.4, -0.2) is 43.1 Å². The summed E-state index contributed by atoms with van der Waals surface area (Å²) < 4.78 is 5.15. The molecule has 0 radical (unpaired) electrons. The van der Waals surface area contributed by atoms with Crippen LogP contribution in [0, 0.1) is 10.1 Å². The van der Waals surface area contributed by atoms with Crippen molar-refractivity contribution in [2.45, 2.75) is 12.0 Å². The number of nitro groups is 1. The van der Waals surface area contributed by atoms with Crippen LogP contribution in [0.15, 0.2) is 24.3 Å². The number of nitrogens with zero attached hydrogens (tertiary/aromatic N) is 2. The average molecular weight is 236 g/mol. The van der Waals surface area contributed by atoms with E-state index in [0.29, 0.717) is 6.54 Å². The average Bonchev–Trinajstić information content (AvgIpc) is 2.72. The van der Waals surface area contributed by atoms with Crippen molar-refractivity contribution < 1.29 is 9.66 Å². The first kappa shape index (κ1) is 11.9. The summed E-state index contributed by atoms with van der Waals surface area (Å²) >= 11 is 0. The van der Waals surface area contributed by atoms with E-state index in [1.54, 1.807) is 7.11 Å². The van der Waals surface area contributed by atoms with Crippen molar-refractivity contribution in [2.24, 2.45) is 0 Å². The summed E-state index contributed by atoms with van der Waals surface area (Å²) in [6.07, 6.45) is 0. The van der Waals surface area contributed by atoms with Crippen LogP contribution in [0.1, 0.15) is 11.5 Å². The number of hydrogen-bond acceptors (Lipinski definition) is 4. The van der Waals surface area contributed by atoms with Crippen molar-refractivity contribution in [3.8, 4) is 5.75 Å². The van der Waals surface area contributed by atoms with Crippen LogP contribution < -0.4 is 4.74 Å². The fourth-order valence-corrected chi connectivity index (χ4v) is 2.39. The highest BCUT2D eigenvalue weighted by molar-refractivity contribution is 5.32. The number of likely N-dealkylation sites (N-methyl/N-ethyl adjacent to an activating group) is 1. The van der Waals surface area contributed by atoms with E-state index >= 15 is 0 Å². The van der Waals surface area contributed by atoms with Crippen LogP contribution in [0.25, 0.3) is 0 Å². The molecule has 0 aromatic heterocycles. The van der Waals surface area contributed by atoms with Gasteiger partial charge in [-0.1, -0.05) is 12.1 Å². The predicted molar refractivity (Wildman–Crippen MR) is 64.0 cm³/mol. The first-order valence-corrected chi connectivity index (χ1v) is 5.58. The molecule has 1 saturated heterocycles. The number of benzene rings is 1. The monoisotopic (exact) mass is 236 g/mol. The second-order valence-electron chi connectivity index (χ2n) is 4.46. The van der Waals surface area contributed by atoms with Gasteiger partial charge < -0.3 is 4.74 Å². The molecule has 1 fully saturated rings. The fourth-order valence-electron chi connectivity index (χ4n) is 2.39. The SMILES string of the molecule is COc1cccc([C@@H]2CN(C)C[C@H]2[N+](=O)[O-])c1. The molecule has 0 amide bonds. The summed E-state index contributed by atoms with van der Waals surface area (Å²) in [7, 11) is 3.52. The van der Waals surface area contributed by atoms with Gasteiger partial charge in [0, 0.05) is 11.5 Å². The molecule has 1 aliphatic heterocycles. The number of ether oxygens (including phenoxy) is 1. The lowest BCUT2D eigenvalue weighted by atomic mass is 9.94. The third kappa shape index (κ3) is 2.39. The molecule has 0 spiro atoms. The molecule has 0 unspecified atom stereocenters. The molecule has 92 valence electrons. The van der Waals surface area contributed by atoms with E-state index in [1.165, 1.54) is 0 Å². The summed E-state index contributed by atoms with van der Waals surface area (Å²) in [6, 6.07) is 7.03. The van der Waals surface area contributed by atoms with Gasteiger partial charge in [0.25, 0.3) is 0 Å². The van der Waals surface area contributed by atoms with E-state index in [9.17, 15) is 10.1 Å². The smallest absolute Gasteiger partial charge is 0.233 e. The Balaban J connectivity index is 2.28. The maximum absolute atomic E-state index is 11.0. The summed E-state index contributed by atoms with van der Waals surface area (Å²) in [6.45, 7) is 1.23. The number of rotatable bonds is 3. The predicted octanol–water partition coefficient (Wildman–Crippen LogP) is 1.37. The molecule has 5 heteroatoms. The quantitative estimate of drug-likeness (QED) is 0.587. The van der Waals surface area contributed by atoms with Crippen molar-refractivity contribution in [2.75, 3.05) is 27.2 Å². The third-order valence-electron chi connectivity index (χ3n) is 3.26. The number of hydrogen-bond donors (Lipinski definition) is 0. The molecule has 2 rings (SSSR count). The first-order valence-electron chi connectivity index (χ1n) is 5.58. The summed E-state index contributed by atoms with van der Waals surface area (Å²) in [5.41, 5.74) is 0.982. The molecule has 1 heterocycles. The Hall–Kier alpha value is -1.62. The van der Waals surface area contributed by atoms with E-state index in [0.717, 1.165) is 17.9 Å². The van der Waals surface area contributed by atoms with Crippen LogP contribution in [-0.2, 0) is 0 Å². The highest BCUT2D eigenvalue weighted by Gasteiger charge is 2.40. The Morgan fingerprint density at radius 2 is 2.24 bits per heavy atom. The van der Waals surface area contributed by atoms with E-state index in [2.05, 4.69) is 0 Å². The summed E-state index contributed by atoms with van der Waals surface area (Å²) in [4.78, 5) is 12.9. The molecule has 0 saturated carbocycles. The van der Waals surface area contributed by atoms with Gasteiger partial charge in [-0.25, -0.2) is 0 Å². The molecule has 2 atom stereocenters. The fraction of sp³-hybridized carbons (Fsp3) is 0.500. The highest BCUT2D eigenvalue weighted by atomic mass is 16.6. The second kappa shape index (κ2) is 4.71. The zero-order valence-electron chi connectivity index (χ0n) is 10.00. The van der Waals surface area contributed by atoms with Gasteiger partial charge in [-0.2, -0.15) is 0 Å². The van der Waals surface area contributed by atoms with E-state index in [1.807, 2.05) is 36.2 Å². The zero-order valence-corrected chi connectivity index (χ0v) is 10.00.